The maximum absolute atomic E-state index is 3.92. The van der Waals surface area contributed by atoms with Crippen molar-refractivity contribution >= 4 is 0 Å². The van der Waals surface area contributed by atoms with Crippen LogP contribution in [0, 0.1) is 0 Å². The second-order valence-corrected chi connectivity index (χ2v) is 2.67. The van der Waals surface area contributed by atoms with Crippen molar-refractivity contribution in [1.82, 2.24) is 5.32 Å². The van der Waals surface area contributed by atoms with Crippen molar-refractivity contribution in [2.24, 2.45) is 0 Å². The van der Waals surface area contributed by atoms with Crippen LogP contribution < -0.4 is 5.32 Å². The standard InChI is InChI=1S/C10H19N/c1-4-10(2)8-6-5-7-9-11-3/h5-6,11H,2,4,7-9H2,1,3H3. The Kier molecular flexibility index (Phi) is 7.16. The first kappa shape index (κ1) is 10.4. The van der Waals surface area contributed by atoms with E-state index < -0.39 is 0 Å². The highest BCUT2D eigenvalue weighted by Gasteiger charge is 1.83. The smallest absolute Gasteiger partial charge is 0.00173 e. The minimum atomic E-state index is 1.04. The molecule has 1 heteroatoms. The van der Waals surface area contributed by atoms with Gasteiger partial charge in [-0.05, 0) is 32.9 Å². The highest BCUT2D eigenvalue weighted by atomic mass is 14.8. The lowest BCUT2D eigenvalue weighted by atomic mass is 10.1. The van der Waals surface area contributed by atoms with E-state index in [1.807, 2.05) is 7.05 Å². The Balaban J connectivity index is 3.22. The lowest BCUT2D eigenvalue weighted by Gasteiger charge is -1.95. The predicted octanol–water partition coefficient (Wildman–Crippen LogP) is 2.51. The summed E-state index contributed by atoms with van der Waals surface area (Å²) >= 11 is 0. The van der Waals surface area contributed by atoms with E-state index >= 15 is 0 Å². The molecule has 0 saturated carbocycles. The van der Waals surface area contributed by atoms with Crippen molar-refractivity contribution < 1.29 is 0 Å². The lowest BCUT2D eigenvalue weighted by molar-refractivity contribution is 0.806. The van der Waals surface area contributed by atoms with Gasteiger partial charge in [0.15, 0.2) is 0 Å². The van der Waals surface area contributed by atoms with Gasteiger partial charge in [-0.1, -0.05) is 31.2 Å². The summed E-state index contributed by atoms with van der Waals surface area (Å²) in [6.07, 6.45) is 7.66. The quantitative estimate of drug-likeness (QED) is 0.456. The fourth-order valence-electron chi connectivity index (χ4n) is 0.740. The topological polar surface area (TPSA) is 12.0 Å². The van der Waals surface area contributed by atoms with E-state index in [-0.39, 0.29) is 0 Å². The second kappa shape index (κ2) is 7.55. The lowest BCUT2D eigenvalue weighted by Crippen LogP contribution is -2.05. The summed E-state index contributed by atoms with van der Waals surface area (Å²) in [7, 11) is 1.97. The Hall–Kier alpha value is -0.560. The van der Waals surface area contributed by atoms with E-state index in [4.69, 9.17) is 0 Å². The van der Waals surface area contributed by atoms with Crippen LogP contribution in [0.15, 0.2) is 24.3 Å². The molecule has 0 aliphatic heterocycles. The molecule has 0 aromatic heterocycles. The zero-order valence-electron chi connectivity index (χ0n) is 7.69. The highest BCUT2D eigenvalue weighted by molar-refractivity contribution is 5.01. The third-order valence-corrected chi connectivity index (χ3v) is 1.63. The first-order valence-corrected chi connectivity index (χ1v) is 4.27. The van der Waals surface area contributed by atoms with Gasteiger partial charge in [0.2, 0.25) is 0 Å². The Bertz CT molecular complexity index is 125. The van der Waals surface area contributed by atoms with Gasteiger partial charge in [-0.2, -0.15) is 0 Å². The molecule has 0 radical (unpaired) electrons. The number of allylic oxidation sites excluding steroid dienone is 2. The molecule has 0 heterocycles. The third-order valence-electron chi connectivity index (χ3n) is 1.63. The second-order valence-electron chi connectivity index (χ2n) is 2.67. The fourth-order valence-corrected chi connectivity index (χ4v) is 0.740. The Morgan fingerprint density at radius 1 is 1.45 bits per heavy atom. The molecule has 11 heavy (non-hydrogen) atoms. The molecule has 0 spiro atoms. The van der Waals surface area contributed by atoms with Crippen LogP contribution in [0.3, 0.4) is 0 Å². The Morgan fingerprint density at radius 2 is 2.18 bits per heavy atom. The van der Waals surface area contributed by atoms with E-state index in [0.717, 1.165) is 25.8 Å². The Labute approximate surface area is 70.2 Å². The molecule has 0 unspecified atom stereocenters. The molecule has 1 nitrogen and oxygen atoms in total. The van der Waals surface area contributed by atoms with Crippen LogP contribution in [0.25, 0.3) is 0 Å². The molecule has 64 valence electrons. The van der Waals surface area contributed by atoms with Crippen LogP contribution in [-0.4, -0.2) is 13.6 Å². The van der Waals surface area contributed by atoms with E-state index in [2.05, 4.69) is 31.0 Å². The van der Waals surface area contributed by atoms with Gasteiger partial charge in [-0.3, -0.25) is 0 Å². The monoisotopic (exact) mass is 153 g/mol. The number of rotatable bonds is 6. The van der Waals surface area contributed by atoms with Crippen LogP contribution in [0.5, 0.6) is 0 Å². The zero-order chi connectivity index (χ0) is 8.53. The first-order chi connectivity index (χ1) is 5.31. The van der Waals surface area contributed by atoms with Crippen LogP contribution in [0.1, 0.15) is 26.2 Å². The summed E-state index contributed by atoms with van der Waals surface area (Å²) in [4.78, 5) is 0. The molecule has 0 saturated heterocycles. The van der Waals surface area contributed by atoms with Crippen molar-refractivity contribution in [1.29, 1.82) is 0 Å². The summed E-state index contributed by atoms with van der Waals surface area (Å²) in [6, 6.07) is 0. The van der Waals surface area contributed by atoms with E-state index in [9.17, 15) is 0 Å². The van der Waals surface area contributed by atoms with Gasteiger partial charge in [-0.25, -0.2) is 0 Å². The van der Waals surface area contributed by atoms with Crippen molar-refractivity contribution in [3.63, 3.8) is 0 Å². The molecule has 0 aromatic rings. The molecule has 0 fully saturated rings. The molecule has 0 aliphatic carbocycles. The van der Waals surface area contributed by atoms with Gasteiger partial charge >= 0.3 is 0 Å². The molecule has 0 atom stereocenters. The summed E-state index contributed by atoms with van der Waals surface area (Å²) in [6.45, 7) is 7.13. The van der Waals surface area contributed by atoms with Crippen LogP contribution in [0.4, 0.5) is 0 Å². The number of hydrogen-bond donors (Lipinski definition) is 1. The van der Waals surface area contributed by atoms with Crippen LogP contribution in [-0.2, 0) is 0 Å². The SMILES string of the molecule is C=C(CC)CC=CCCNC. The van der Waals surface area contributed by atoms with E-state index in [0.29, 0.717) is 0 Å². The van der Waals surface area contributed by atoms with Crippen LogP contribution in [0.2, 0.25) is 0 Å². The first-order valence-electron chi connectivity index (χ1n) is 4.27. The molecular weight excluding hydrogens is 134 g/mol. The maximum Gasteiger partial charge on any atom is -0.00173 e. The van der Waals surface area contributed by atoms with Gasteiger partial charge < -0.3 is 5.32 Å². The average molecular weight is 153 g/mol. The van der Waals surface area contributed by atoms with Crippen molar-refractivity contribution in [3.8, 4) is 0 Å². The minimum Gasteiger partial charge on any atom is -0.319 e. The summed E-state index contributed by atoms with van der Waals surface area (Å²) in [5.74, 6) is 0. The molecular formula is C10H19N. The predicted molar refractivity (Wildman–Crippen MR) is 51.7 cm³/mol. The van der Waals surface area contributed by atoms with E-state index in [1.165, 1.54) is 5.57 Å². The zero-order valence-corrected chi connectivity index (χ0v) is 7.69. The molecule has 0 aliphatic rings. The van der Waals surface area contributed by atoms with Crippen molar-refractivity contribution in [3.05, 3.63) is 24.3 Å². The van der Waals surface area contributed by atoms with Gasteiger partial charge in [0.05, 0.1) is 0 Å². The third kappa shape index (κ3) is 7.34. The molecule has 1 N–H and O–H groups in total. The van der Waals surface area contributed by atoms with Crippen molar-refractivity contribution in [2.75, 3.05) is 13.6 Å². The molecule has 0 amide bonds. The summed E-state index contributed by atoms with van der Waals surface area (Å²) in [5.41, 5.74) is 1.31. The number of nitrogens with one attached hydrogen (secondary N) is 1. The average Bonchev–Trinajstić information content (AvgIpc) is 2.04. The largest absolute Gasteiger partial charge is 0.319 e. The van der Waals surface area contributed by atoms with Gasteiger partial charge in [0.1, 0.15) is 0 Å². The molecule has 0 rings (SSSR count). The minimum absolute atomic E-state index is 1.04. The maximum atomic E-state index is 3.92. The molecule has 0 bridgehead atoms. The van der Waals surface area contributed by atoms with E-state index in [1.54, 1.807) is 0 Å². The fraction of sp³-hybridized carbons (Fsp3) is 0.600. The summed E-state index contributed by atoms with van der Waals surface area (Å²) < 4.78 is 0. The highest BCUT2D eigenvalue weighted by Crippen LogP contribution is 2.03. The summed E-state index contributed by atoms with van der Waals surface area (Å²) in [5, 5.41) is 3.10. The normalized spacial score (nSPS) is 10.7. The van der Waals surface area contributed by atoms with Crippen LogP contribution >= 0.6 is 0 Å². The van der Waals surface area contributed by atoms with Crippen molar-refractivity contribution in [2.45, 2.75) is 26.2 Å². The van der Waals surface area contributed by atoms with Gasteiger partial charge in [0, 0.05) is 0 Å². The van der Waals surface area contributed by atoms with Gasteiger partial charge in [0.25, 0.3) is 0 Å². The Morgan fingerprint density at radius 3 is 2.73 bits per heavy atom. The molecule has 0 aromatic carbocycles. The van der Waals surface area contributed by atoms with Gasteiger partial charge in [-0.15, -0.1) is 0 Å². The number of hydrogen-bond acceptors (Lipinski definition) is 1.